The van der Waals surface area contributed by atoms with Crippen molar-refractivity contribution >= 4 is 33.7 Å². The molecule has 4 rings (SSSR count). The van der Waals surface area contributed by atoms with E-state index < -0.39 is 73.7 Å². The van der Waals surface area contributed by atoms with E-state index >= 15 is 0 Å². The van der Waals surface area contributed by atoms with Gasteiger partial charge in [-0.1, -0.05) is 19.4 Å². The molecule has 238 valence electrons. The molecule has 0 aromatic heterocycles. The Morgan fingerprint density at radius 2 is 1.58 bits per heavy atom. The second kappa shape index (κ2) is 10.5. The van der Waals surface area contributed by atoms with Crippen molar-refractivity contribution in [2.45, 2.75) is 62.5 Å². The molecule has 43 heavy (non-hydrogen) atoms. The molecule has 0 saturated heterocycles. The van der Waals surface area contributed by atoms with Gasteiger partial charge in [-0.3, -0.25) is 14.4 Å². The minimum atomic E-state index is -10.4. The maximum absolute atomic E-state index is 14.8. The van der Waals surface area contributed by atoms with Gasteiger partial charge in [-0.05, 0) is 69.7 Å². The number of amides is 2. The lowest BCUT2D eigenvalue weighted by atomic mass is 9.75. The van der Waals surface area contributed by atoms with Crippen LogP contribution in [0.4, 0.5) is 33.9 Å². The first-order chi connectivity index (χ1) is 19.7. The molecule has 2 aliphatic rings. The molecule has 2 aliphatic carbocycles. The van der Waals surface area contributed by atoms with Crippen LogP contribution in [0.25, 0.3) is 0 Å². The highest BCUT2D eigenvalue weighted by Gasteiger charge is 2.67. The van der Waals surface area contributed by atoms with Gasteiger partial charge in [-0.15, -0.1) is 0 Å². The Hall–Kier alpha value is -3.69. The van der Waals surface area contributed by atoms with Crippen molar-refractivity contribution in [3.05, 3.63) is 47.5 Å². The standard InChI is InChI=1S/C27H29F7N2O6S/c1-27(26(39)40)9-7-15(8-10-27)42-22-12-17(21(41-2)13-19(22)29)25(38)36-20-6-4-16(20)24(37)35-14-3-5-18(28)23(11-14)43(30,31,32,33)34/h3,5,11-13,15-16,20H,4,6-10H2,1-2H3,(H,35,37)(H,36,38)(H,39,40)/t15?,16-,20+,27?/m0/s1. The Morgan fingerprint density at radius 1 is 0.930 bits per heavy atom. The average Bonchev–Trinajstić information content (AvgIpc) is 2.88. The number of carboxylic acids is 1. The fourth-order valence-electron chi connectivity index (χ4n) is 5.06. The molecule has 2 aromatic rings. The number of benzene rings is 2. The number of hydrogen-bond acceptors (Lipinski definition) is 5. The van der Waals surface area contributed by atoms with E-state index in [0.717, 1.165) is 12.1 Å². The Labute approximate surface area is 241 Å². The molecule has 0 heterocycles. The maximum Gasteiger partial charge on any atom is 0.313 e. The summed E-state index contributed by atoms with van der Waals surface area (Å²) >= 11 is 0. The number of rotatable bonds is 9. The Morgan fingerprint density at radius 3 is 2.12 bits per heavy atom. The Bertz CT molecular complexity index is 1460. The average molecular weight is 643 g/mol. The number of methoxy groups -OCH3 is 1. The molecule has 0 bridgehead atoms. The first kappa shape index (κ1) is 32.2. The topological polar surface area (TPSA) is 114 Å². The number of anilines is 1. The van der Waals surface area contributed by atoms with E-state index in [1.807, 2.05) is 0 Å². The molecule has 0 unspecified atom stereocenters. The third kappa shape index (κ3) is 7.11. The molecule has 2 amide bonds. The highest BCUT2D eigenvalue weighted by Crippen LogP contribution is 3.02. The third-order valence-corrected chi connectivity index (χ3v) is 9.03. The van der Waals surface area contributed by atoms with Crippen LogP contribution < -0.4 is 20.1 Å². The van der Waals surface area contributed by atoms with Gasteiger partial charge >= 0.3 is 16.2 Å². The van der Waals surface area contributed by atoms with Crippen LogP contribution in [0.3, 0.4) is 0 Å². The summed E-state index contributed by atoms with van der Waals surface area (Å²) in [7, 11) is -9.18. The van der Waals surface area contributed by atoms with Gasteiger partial charge in [0.2, 0.25) is 5.91 Å². The molecule has 2 aromatic carbocycles. The summed E-state index contributed by atoms with van der Waals surface area (Å²) in [6.07, 6.45) is 1.26. The molecular formula is C27H29F7N2O6S. The summed E-state index contributed by atoms with van der Waals surface area (Å²) in [6.45, 7) is 1.62. The Balaban J connectivity index is 1.44. The summed E-state index contributed by atoms with van der Waals surface area (Å²) in [5, 5.41) is 14.0. The SMILES string of the molecule is COc1cc(F)c(OC2CCC(C)(C(=O)O)CC2)cc1C(=O)N[C@@H]1CC[C@@H]1C(=O)Nc1ccc(F)c(S(F)(F)(F)(F)F)c1. The van der Waals surface area contributed by atoms with Gasteiger partial charge in [0, 0.05) is 17.8 Å². The first-order valence-corrected chi connectivity index (χ1v) is 15.1. The van der Waals surface area contributed by atoms with Gasteiger partial charge in [0.05, 0.1) is 30.1 Å². The number of nitrogens with one attached hydrogen (secondary N) is 2. The van der Waals surface area contributed by atoms with Crippen molar-refractivity contribution in [1.29, 1.82) is 0 Å². The summed E-state index contributed by atoms with van der Waals surface area (Å²) < 4.78 is 105. The molecule has 8 nitrogen and oxygen atoms in total. The number of hydrogen-bond donors (Lipinski definition) is 3. The monoisotopic (exact) mass is 642 g/mol. The smallest absolute Gasteiger partial charge is 0.313 e. The maximum atomic E-state index is 14.8. The number of carboxylic acid groups (broad SMARTS) is 1. The molecule has 0 aliphatic heterocycles. The molecule has 0 spiro atoms. The number of halogens is 7. The van der Waals surface area contributed by atoms with E-state index in [-0.39, 0.29) is 42.0 Å². The molecule has 2 atom stereocenters. The van der Waals surface area contributed by atoms with E-state index in [1.165, 1.54) is 7.11 Å². The van der Waals surface area contributed by atoms with Crippen LogP contribution in [0.2, 0.25) is 0 Å². The summed E-state index contributed by atoms with van der Waals surface area (Å²) in [6, 6.07) is 1.91. The van der Waals surface area contributed by atoms with Gasteiger partial charge in [0.15, 0.2) is 11.6 Å². The lowest BCUT2D eigenvalue weighted by Gasteiger charge is -2.40. The second-order valence-electron chi connectivity index (χ2n) is 11.0. The van der Waals surface area contributed by atoms with E-state index in [2.05, 4.69) is 10.6 Å². The number of aliphatic carboxylic acids is 1. The zero-order valence-electron chi connectivity index (χ0n) is 22.9. The molecular weight excluding hydrogens is 613 g/mol. The van der Waals surface area contributed by atoms with Crippen molar-refractivity contribution in [3.63, 3.8) is 0 Å². The number of carbonyl (C=O) groups is 3. The first-order valence-electron chi connectivity index (χ1n) is 13.1. The predicted octanol–water partition coefficient (Wildman–Crippen LogP) is 7.19. The van der Waals surface area contributed by atoms with Crippen LogP contribution >= 0.6 is 10.2 Å². The number of carbonyl (C=O) groups excluding carboxylic acids is 2. The summed E-state index contributed by atoms with van der Waals surface area (Å²) in [4.78, 5) is 34.6. The zero-order chi connectivity index (χ0) is 32.0. The van der Waals surface area contributed by atoms with Gasteiger partial charge < -0.3 is 25.2 Å². The van der Waals surface area contributed by atoms with Crippen molar-refractivity contribution < 1.29 is 57.2 Å². The van der Waals surface area contributed by atoms with Crippen molar-refractivity contribution in [2.24, 2.45) is 11.3 Å². The van der Waals surface area contributed by atoms with E-state index in [4.69, 9.17) is 9.47 Å². The quantitative estimate of drug-likeness (QED) is 0.250. The van der Waals surface area contributed by atoms with Crippen LogP contribution in [-0.2, 0) is 9.59 Å². The van der Waals surface area contributed by atoms with Crippen LogP contribution in [0.5, 0.6) is 11.5 Å². The van der Waals surface area contributed by atoms with Crippen LogP contribution in [0, 0.1) is 23.0 Å². The van der Waals surface area contributed by atoms with Crippen LogP contribution in [0.15, 0.2) is 35.2 Å². The predicted molar refractivity (Wildman–Crippen MR) is 142 cm³/mol. The molecule has 2 saturated carbocycles. The summed E-state index contributed by atoms with van der Waals surface area (Å²) in [5.41, 5.74) is -1.77. The zero-order valence-corrected chi connectivity index (χ0v) is 23.7. The highest BCUT2D eigenvalue weighted by atomic mass is 32.5. The van der Waals surface area contributed by atoms with Gasteiger partial charge in [0.1, 0.15) is 16.5 Å². The van der Waals surface area contributed by atoms with Gasteiger partial charge in [0.25, 0.3) is 5.91 Å². The second-order valence-corrected chi connectivity index (χ2v) is 13.4. The van der Waals surface area contributed by atoms with E-state index in [9.17, 15) is 47.7 Å². The van der Waals surface area contributed by atoms with Crippen LogP contribution in [0.1, 0.15) is 55.8 Å². The summed E-state index contributed by atoms with van der Waals surface area (Å²) in [5.74, 6) is -7.02. The van der Waals surface area contributed by atoms with Crippen molar-refractivity contribution in [3.8, 4) is 11.5 Å². The third-order valence-electron chi connectivity index (χ3n) is 7.89. The fraction of sp³-hybridized carbons (Fsp3) is 0.444. The number of ether oxygens (including phenoxy) is 2. The minimum absolute atomic E-state index is 0.143. The lowest BCUT2D eigenvalue weighted by Crippen LogP contribution is -2.51. The molecule has 16 heteroatoms. The fourth-order valence-corrected chi connectivity index (χ4v) is 5.84. The largest absolute Gasteiger partial charge is 0.496 e. The Kier molecular flexibility index (Phi) is 7.86. The van der Waals surface area contributed by atoms with Crippen molar-refractivity contribution in [1.82, 2.24) is 5.32 Å². The molecule has 3 N–H and O–H groups in total. The van der Waals surface area contributed by atoms with Gasteiger partial charge in [-0.2, -0.15) is 0 Å². The van der Waals surface area contributed by atoms with Crippen LogP contribution in [-0.4, -0.2) is 42.1 Å². The lowest BCUT2D eigenvalue weighted by molar-refractivity contribution is -0.150. The minimum Gasteiger partial charge on any atom is -0.496 e. The normalized spacial score (nSPS) is 25.4. The highest BCUT2D eigenvalue weighted by molar-refractivity contribution is 8.45. The van der Waals surface area contributed by atoms with Crippen molar-refractivity contribution in [2.75, 3.05) is 12.4 Å². The van der Waals surface area contributed by atoms with E-state index in [0.29, 0.717) is 31.7 Å². The van der Waals surface area contributed by atoms with Gasteiger partial charge in [-0.25, -0.2) is 8.78 Å². The van der Waals surface area contributed by atoms with E-state index in [1.54, 1.807) is 6.92 Å². The molecule has 2 fully saturated rings. The molecule has 0 radical (unpaired) electrons.